The summed E-state index contributed by atoms with van der Waals surface area (Å²) in [6, 6.07) is 6.77. The van der Waals surface area contributed by atoms with Gasteiger partial charge in [0, 0.05) is 19.2 Å². The smallest absolute Gasteiger partial charge is 0.338 e. The largest absolute Gasteiger partial charge is 0.454 e. The molecule has 1 aliphatic heterocycles. The van der Waals surface area contributed by atoms with Crippen molar-refractivity contribution in [3.8, 4) is 0 Å². The van der Waals surface area contributed by atoms with Crippen LogP contribution in [-0.2, 0) is 38.6 Å². The number of alkyl halides is 1. The molecule has 9 nitrogen and oxygen atoms in total. The van der Waals surface area contributed by atoms with Gasteiger partial charge in [0.1, 0.15) is 6.10 Å². The number of esters is 3. The number of aliphatic hydroxyl groups excluding tert-OH is 1. The first-order chi connectivity index (χ1) is 14.8. The van der Waals surface area contributed by atoms with E-state index in [2.05, 4.69) is 22.5 Å². The number of hydrogen-bond acceptors (Lipinski definition) is 9. The molecule has 2 rings (SSSR count). The maximum Gasteiger partial charge on any atom is 0.338 e. The summed E-state index contributed by atoms with van der Waals surface area (Å²) in [4.78, 5) is 36.4. The third-order valence-electron chi connectivity index (χ3n) is 4.38. The summed E-state index contributed by atoms with van der Waals surface area (Å²) in [5.41, 5.74) is 0.962. The first-order valence-corrected chi connectivity index (χ1v) is 10.6. The zero-order valence-corrected chi connectivity index (χ0v) is 18.8. The van der Waals surface area contributed by atoms with E-state index in [-0.39, 0.29) is 12.2 Å². The van der Waals surface area contributed by atoms with Crippen LogP contribution < -0.4 is 0 Å². The van der Waals surface area contributed by atoms with Gasteiger partial charge in [-0.25, -0.2) is 4.79 Å². The van der Waals surface area contributed by atoms with Crippen molar-refractivity contribution in [3.63, 3.8) is 0 Å². The lowest BCUT2D eigenvalue weighted by molar-refractivity contribution is -0.302. The van der Waals surface area contributed by atoms with Crippen LogP contribution in [0.4, 0.5) is 0 Å². The number of hydrogen-bond donors (Lipinski definition) is 1. The molecule has 170 valence electrons. The minimum Gasteiger partial charge on any atom is -0.454 e. The van der Waals surface area contributed by atoms with Crippen LogP contribution in [0.3, 0.4) is 0 Å². The molecule has 0 spiro atoms. The zero-order chi connectivity index (χ0) is 23.0. The van der Waals surface area contributed by atoms with E-state index in [9.17, 15) is 19.5 Å². The molecule has 0 saturated carbocycles. The summed E-state index contributed by atoms with van der Waals surface area (Å²) in [6.45, 7) is 5.34. The number of benzene rings is 1. The molecule has 1 saturated heterocycles. The topological polar surface area (TPSA) is 118 Å². The van der Waals surface area contributed by atoms with Crippen LogP contribution >= 0.6 is 15.9 Å². The first-order valence-electron chi connectivity index (χ1n) is 9.50. The third-order valence-corrected chi connectivity index (χ3v) is 4.98. The van der Waals surface area contributed by atoms with E-state index in [0.717, 1.165) is 6.92 Å². The maximum absolute atomic E-state index is 12.9. The Labute approximate surface area is 188 Å². The number of aliphatic hydroxyl groups is 1. The molecule has 31 heavy (non-hydrogen) atoms. The summed E-state index contributed by atoms with van der Waals surface area (Å²) in [6.07, 6.45) is -4.63. The lowest BCUT2D eigenvalue weighted by atomic mass is 9.98. The summed E-state index contributed by atoms with van der Waals surface area (Å²) < 4.78 is 27.4. The number of carbonyl (C=O) groups excluding carboxylic acids is 3. The van der Waals surface area contributed by atoms with Crippen LogP contribution in [0.5, 0.6) is 0 Å². The van der Waals surface area contributed by atoms with Gasteiger partial charge in [-0.15, -0.1) is 6.58 Å². The fourth-order valence-electron chi connectivity index (χ4n) is 3.13. The van der Waals surface area contributed by atoms with Gasteiger partial charge in [-0.3, -0.25) is 9.59 Å². The van der Waals surface area contributed by atoms with Gasteiger partial charge in [0.2, 0.25) is 0 Å². The molecule has 5 atom stereocenters. The molecular weight excluding hydrogens is 476 g/mol. The molecule has 1 aromatic rings. The zero-order valence-electron chi connectivity index (χ0n) is 17.2. The molecule has 1 aromatic carbocycles. The third kappa shape index (κ3) is 6.60. The van der Waals surface area contributed by atoms with E-state index < -0.39 is 55.2 Å². The van der Waals surface area contributed by atoms with Crippen molar-refractivity contribution >= 4 is 33.8 Å². The first kappa shape index (κ1) is 25.0. The molecule has 0 aliphatic carbocycles. The Kier molecular flexibility index (Phi) is 9.63. The monoisotopic (exact) mass is 500 g/mol. The SMILES string of the molecule is C=CCO[C@H]1O[C@H](CO)[C@@H](OC(=O)c2ccccc2CBr)[C@H](OC(C)=O)[C@H]1OC(C)=O. The van der Waals surface area contributed by atoms with Gasteiger partial charge in [0.05, 0.1) is 18.8 Å². The highest BCUT2D eigenvalue weighted by molar-refractivity contribution is 9.08. The average molecular weight is 501 g/mol. The predicted molar refractivity (Wildman–Crippen MR) is 111 cm³/mol. The Morgan fingerprint density at radius 1 is 1.10 bits per heavy atom. The number of carbonyl (C=O) groups is 3. The van der Waals surface area contributed by atoms with Crippen LogP contribution in [0, 0.1) is 0 Å². The average Bonchev–Trinajstić information content (AvgIpc) is 2.74. The molecule has 10 heteroatoms. The van der Waals surface area contributed by atoms with E-state index in [1.165, 1.54) is 13.0 Å². The van der Waals surface area contributed by atoms with Crippen LogP contribution in [-0.4, -0.2) is 66.9 Å². The van der Waals surface area contributed by atoms with Crippen molar-refractivity contribution in [3.05, 3.63) is 48.0 Å². The minimum absolute atomic E-state index is 0.0381. The Balaban J connectivity index is 2.40. The van der Waals surface area contributed by atoms with Gasteiger partial charge in [0.25, 0.3) is 0 Å². The lowest BCUT2D eigenvalue weighted by Crippen LogP contribution is -2.62. The quantitative estimate of drug-likeness (QED) is 0.234. The van der Waals surface area contributed by atoms with Crippen LogP contribution in [0.25, 0.3) is 0 Å². The highest BCUT2D eigenvalue weighted by Crippen LogP contribution is 2.30. The molecule has 0 unspecified atom stereocenters. The van der Waals surface area contributed by atoms with E-state index >= 15 is 0 Å². The van der Waals surface area contributed by atoms with Crippen LogP contribution in [0.2, 0.25) is 0 Å². The Morgan fingerprint density at radius 3 is 2.32 bits per heavy atom. The predicted octanol–water partition coefficient (Wildman–Crippen LogP) is 1.89. The molecule has 0 aromatic heterocycles. The normalized spacial score (nSPS) is 25.4. The molecule has 1 fully saturated rings. The summed E-state index contributed by atoms with van der Waals surface area (Å²) in [7, 11) is 0. The van der Waals surface area contributed by atoms with Crippen molar-refractivity contribution < 1.29 is 43.2 Å². The second-order valence-corrected chi connectivity index (χ2v) is 7.22. The Bertz CT molecular complexity index is 797. The van der Waals surface area contributed by atoms with E-state index in [1.807, 2.05) is 0 Å². The van der Waals surface area contributed by atoms with Gasteiger partial charge in [-0.1, -0.05) is 40.2 Å². The summed E-state index contributed by atoms with van der Waals surface area (Å²) in [5, 5.41) is 10.3. The molecule has 0 radical (unpaired) electrons. The Morgan fingerprint density at radius 2 is 1.74 bits per heavy atom. The number of ether oxygens (including phenoxy) is 5. The van der Waals surface area contributed by atoms with E-state index in [4.69, 9.17) is 23.7 Å². The van der Waals surface area contributed by atoms with Crippen molar-refractivity contribution in [1.29, 1.82) is 0 Å². The van der Waals surface area contributed by atoms with Gasteiger partial charge in [0.15, 0.2) is 24.6 Å². The molecule has 1 N–H and O–H groups in total. The van der Waals surface area contributed by atoms with Crippen molar-refractivity contribution in [2.24, 2.45) is 0 Å². The van der Waals surface area contributed by atoms with Crippen molar-refractivity contribution in [1.82, 2.24) is 0 Å². The minimum atomic E-state index is -1.28. The molecule has 0 amide bonds. The molecular formula is C21H25BrO9. The second kappa shape index (κ2) is 11.9. The van der Waals surface area contributed by atoms with Gasteiger partial charge in [-0.05, 0) is 11.6 Å². The van der Waals surface area contributed by atoms with Crippen molar-refractivity contribution in [2.75, 3.05) is 13.2 Å². The van der Waals surface area contributed by atoms with E-state index in [0.29, 0.717) is 10.9 Å². The molecule has 1 aliphatic rings. The standard InChI is InChI=1S/C21H25BrO9/c1-4-9-27-21-19(29-13(3)25)18(28-12(2)24)17(16(11-23)30-21)31-20(26)15-8-6-5-7-14(15)10-22/h4-8,16-19,21,23H,1,9-11H2,2-3H3/t16-,17-,18+,19-,21+/m1/s1. The van der Waals surface area contributed by atoms with E-state index in [1.54, 1.807) is 24.3 Å². The summed E-state index contributed by atoms with van der Waals surface area (Å²) in [5.74, 6) is -2.11. The van der Waals surface area contributed by atoms with Crippen molar-refractivity contribution in [2.45, 2.75) is 49.9 Å². The summed E-state index contributed by atoms with van der Waals surface area (Å²) >= 11 is 3.32. The highest BCUT2D eigenvalue weighted by Gasteiger charge is 2.52. The van der Waals surface area contributed by atoms with Crippen LogP contribution in [0.15, 0.2) is 36.9 Å². The van der Waals surface area contributed by atoms with Crippen LogP contribution in [0.1, 0.15) is 29.8 Å². The molecule has 0 bridgehead atoms. The number of halogens is 1. The van der Waals surface area contributed by atoms with Gasteiger partial charge >= 0.3 is 17.9 Å². The second-order valence-electron chi connectivity index (χ2n) is 6.66. The highest BCUT2D eigenvalue weighted by atomic mass is 79.9. The molecule has 1 heterocycles. The lowest BCUT2D eigenvalue weighted by Gasteiger charge is -2.43. The van der Waals surface area contributed by atoms with Gasteiger partial charge < -0.3 is 28.8 Å². The maximum atomic E-state index is 12.9. The van der Waals surface area contributed by atoms with Gasteiger partial charge in [-0.2, -0.15) is 0 Å². The Hall–Kier alpha value is -2.27. The fraction of sp³-hybridized carbons (Fsp3) is 0.476. The number of rotatable bonds is 9. The fourth-order valence-corrected chi connectivity index (χ4v) is 3.62.